The van der Waals surface area contributed by atoms with Crippen LogP contribution in [0.5, 0.6) is 0 Å². The number of hydrogen-bond donors (Lipinski definition) is 0. The van der Waals surface area contributed by atoms with Gasteiger partial charge in [0.15, 0.2) is 4.80 Å². The predicted octanol–water partition coefficient (Wildman–Crippen LogP) is 3.71. The number of benzene rings is 2. The van der Waals surface area contributed by atoms with Crippen LogP contribution >= 0.6 is 34.5 Å². The molecule has 0 unspecified atom stereocenters. The number of esters is 2. The third-order valence-electron chi connectivity index (χ3n) is 3.97. The Morgan fingerprint density at radius 1 is 1.07 bits per heavy atom. The SMILES string of the molecule is COC(=O)Cn1c(=NC(=O)c2cc(Cl)ccc2Cl)sc2cc(C(=O)OC)ccc21. The molecular formula is C19H14Cl2N2O5S. The van der Waals surface area contributed by atoms with E-state index in [0.29, 0.717) is 20.8 Å². The number of amides is 1. The summed E-state index contributed by atoms with van der Waals surface area (Å²) in [5.41, 5.74) is 1.08. The Morgan fingerprint density at radius 3 is 2.52 bits per heavy atom. The molecule has 3 aromatic rings. The Kier molecular flexibility index (Phi) is 6.36. The van der Waals surface area contributed by atoms with Crippen molar-refractivity contribution in [2.24, 2.45) is 4.99 Å². The maximum atomic E-state index is 12.7. The first kappa shape index (κ1) is 21.0. The fraction of sp³-hybridized carbons (Fsp3) is 0.158. The van der Waals surface area contributed by atoms with E-state index in [-0.39, 0.29) is 21.9 Å². The molecule has 150 valence electrons. The lowest BCUT2D eigenvalue weighted by molar-refractivity contribution is -0.141. The normalized spacial score (nSPS) is 11.5. The molecule has 1 amide bonds. The van der Waals surface area contributed by atoms with Gasteiger partial charge in [0.2, 0.25) is 0 Å². The average Bonchev–Trinajstić information content (AvgIpc) is 3.04. The molecular weight excluding hydrogens is 439 g/mol. The number of halogens is 2. The van der Waals surface area contributed by atoms with Crippen LogP contribution in [0.4, 0.5) is 0 Å². The molecule has 0 atom stereocenters. The number of thiazole rings is 1. The molecule has 0 spiro atoms. The standard InChI is InChI=1S/C19H14Cl2N2O5S/c1-27-16(24)9-23-14-6-3-10(18(26)28-2)7-15(14)29-19(23)22-17(25)12-8-11(20)4-5-13(12)21/h3-8H,9H2,1-2H3. The summed E-state index contributed by atoms with van der Waals surface area (Å²) in [5.74, 6) is -1.63. The molecule has 0 bridgehead atoms. The third kappa shape index (κ3) is 4.50. The Balaban J connectivity index is 2.18. The molecule has 0 N–H and O–H groups in total. The van der Waals surface area contributed by atoms with Crippen molar-refractivity contribution >= 4 is 62.6 Å². The van der Waals surface area contributed by atoms with Crippen LogP contribution in [-0.4, -0.2) is 36.6 Å². The predicted molar refractivity (Wildman–Crippen MR) is 110 cm³/mol. The molecule has 0 saturated carbocycles. The second-order valence-electron chi connectivity index (χ2n) is 5.76. The maximum Gasteiger partial charge on any atom is 0.337 e. The number of aromatic nitrogens is 1. The number of hydrogen-bond acceptors (Lipinski definition) is 6. The molecule has 29 heavy (non-hydrogen) atoms. The highest BCUT2D eigenvalue weighted by Crippen LogP contribution is 2.23. The van der Waals surface area contributed by atoms with Gasteiger partial charge in [-0.15, -0.1) is 0 Å². The van der Waals surface area contributed by atoms with Gasteiger partial charge in [-0.2, -0.15) is 4.99 Å². The van der Waals surface area contributed by atoms with Crippen LogP contribution in [0.1, 0.15) is 20.7 Å². The molecule has 1 aromatic heterocycles. The molecule has 0 radical (unpaired) electrons. The summed E-state index contributed by atoms with van der Waals surface area (Å²) in [6, 6.07) is 9.30. The van der Waals surface area contributed by atoms with Gasteiger partial charge in [-0.3, -0.25) is 9.59 Å². The highest BCUT2D eigenvalue weighted by atomic mass is 35.5. The summed E-state index contributed by atoms with van der Waals surface area (Å²) in [6.45, 7) is -0.163. The fourth-order valence-electron chi connectivity index (χ4n) is 2.56. The number of nitrogens with zero attached hydrogens (tertiary/aromatic N) is 2. The first-order valence-electron chi connectivity index (χ1n) is 8.16. The number of rotatable bonds is 4. The van der Waals surface area contributed by atoms with Gasteiger partial charge in [-0.25, -0.2) is 4.79 Å². The minimum absolute atomic E-state index is 0.136. The highest BCUT2D eigenvalue weighted by Gasteiger charge is 2.16. The molecule has 0 aliphatic heterocycles. The highest BCUT2D eigenvalue weighted by molar-refractivity contribution is 7.16. The van der Waals surface area contributed by atoms with E-state index >= 15 is 0 Å². The number of ether oxygens (including phenoxy) is 2. The van der Waals surface area contributed by atoms with Crippen molar-refractivity contribution in [3.8, 4) is 0 Å². The number of carbonyl (C=O) groups is 3. The Bertz CT molecular complexity index is 1200. The van der Waals surface area contributed by atoms with Crippen LogP contribution in [0.3, 0.4) is 0 Å². The lowest BCUT2D eigenvalue weighted by Crippen LogP contribution is -2.22. The Labute approximate surface area is 179 Å². The Morgan fingerprint density at radius 2 is 1.83 bits per heavy atom. The maximum absolute atomic E-state index is 12.7. The summed E-state index contributed by atoms with van der Waals surface area (Å²) >= 11 is 13.2. The summed E-state index contributed by atoms with van der Waals surface area (Å²) < 4.78 is 11.6. The van der Waals surface area contributed by atoms with Crippen LogP contribution in [-0.2, 0) is 20.8 Å². The molecule has 1 heterocycles. The monoisotopic (exact) mass is 452 g/mol. The van der Waals surface area contributed by atoms with Gasteiger partial charge in [-0.1, -0.05) is 34.5 Å². The van der Waals surface area contributed by atoms with E-state index in [1.54, 1.807) is 24.3 Å². The van der Waals surface area contributed by atoms with Crippen molar-refractivity contribution in [2.45, 2.75) is 6.54 Å². The number of carbonyl (C=O) groups excluding carboxylic acids is 3. The van der Waals surface area contributed by atoms with E-state index in [2.05, 4.69) is 4.99 Å². The van der Waals surface area contributed by atoms with Gasteiger partial charge in [0, 0.05) is 5.02 Å². The molecule has 0 saturated heterocycles. The largest absolute Gasteiger partial charge is 0.468 e. The van der Waals surface area contributed by atoms with Gasteiger partial charge < -0.3 is 14.0 Å². The van der Waals surface area contributed by atoms with Gasteiger partial charge >= 0.3 is 11.9 Å². The molecule has 0 aliphatic carbocycles. The van der Waals surface area contributed by atoms with E-state index in [9.17, 15) is 14.4 Å². The van der Waals surface area contributed by atoms with E-state index in [4.69, 9.17) is 32.7 Å². The van der Waals surface area contributed by atoms with Crippen LogP contribution in [0, 0.1) is 0 Å². The molecule has 2 aromatic carbocycles. The second kappa shape index (κ2) is 8.77. The Hall–Kier alpha value is -2.68. The minimum atomic E-state index is -0.615. The first-order chi connectivity index (χ1) is 13.8. The molecule has 0 aliphatic rings. The van der Waals surface area contributed by atoms with E-state index in [1.807, 2.05) is 0 Å². The van der Waals surface area contributed by atoms with Crippen molar-refractivity contribution in [1.29, 1.82) is 0 Å². The quantitative estimate of drug-likeness (QED) is 0.563. The van der Waals surface area contributed by atoms with Gasteiger partial charge in [0.05, 0.1) is 40.6 Å². The van der Waals surface area contributed by atoms with E-state index in [1.165, 1.54) is 30.9 Å². The van der Waals surface area contributed by atoms with Crippen molar-refractivity contribution in [3.05, 3.63) is 62.4 Å². The van der Waals surface area contributed by atoms with Crippen LogP contribution in [0.25, 0.3) is 10.2 Å². The average molecular weight is 453 g/mol. The summed E-state index contributed by atoms with van der Waals surface area (Å²) in [4.78, 5) is 40.7. The topological polar surface area (TPSA) is 87.0 Å². The van der Waals surface area contributed by atoms with E-state index < -0.39 is 17.8 Å². The molecule has 3 rings (SSSR count). The van der Waals surface area contributed by atoms with Gasteiger partial charge in [0.1, 0.15) is 6.54 Å². The third-order valence-corrected chi connectivity index (χ3v) is 5.58. The lowest BCUT2D eigenvalue weighted by Gasteiger charge is -2.05. The zero-order valence-corrected chi connectivity index (χ0v) is 17.6. The second-order valence-corrected chi connectivity index (χ2v) is 7.61. The molecule has 7 nitrogen and oxygen atoms in total. The van der Waals surface area contributed by atoms with Crippen LogP contribution in [0.15, 0.2) is 41.4 Å². The van der Waals surface area contributed by atoms with Crippen molar-refractivity contribution < 1.29 is 23.9 Å². The zero-order valence-electron chi connectivity index (χ0n) is 15.3. The van der Waals surface area contributed by atoms with Crippen LogP contribution in [0.2, 0.25) is 10.0 Å². The van der Waals surface area contributed by atoms with Gasteiger partial charge in [-0.05, 0) is 36.4 Å². The smallest absolute Gasteiger partial charge is 0.337 e. The molecule has 0 fully saturated rings. The van der Waals surface area contributed by atoms with Crippen molar-refractivity contribution in [2.75, 3.05) is 14.2 Å². The first-order valence-corrected chi connectivity index (χ1v) is 9.74. The van der Waals surface area contributed by atoms with Crippen molar-refractivity contribution in [3.63, 3.8) is 0 Å². The molecule has 10 heteroatoms. The zero-order chi connectivity index (χ0) is 21.1. The minimum Gasteiger partial charge on any atom is -0.468 e. The summed E-state index contributed by atoms with van der Waals surface area (Å²) in [5, 5.41) is 0.547. The number of fused-ring (bicyclic) bond motifs is 1. The fourth-order valence-corrected chi connectivity index (χ4v) is 4.00. The van der Waals surface area contributed by atoms with Crippen molar-refractivity contribution in [1.82, 2.24) is 4.57 Å². The lowest BCUT2D eigenvalue weighted by atomic mass is 10.2. The number of methoxy groups -OCH3 is 2. The van der Waals surface area contributed by atoms with Gasteiger partial charge in [0.25, 0.3) is 5.91 Å². The summed E-state index contributed by atoms with van der Waals surface area (Å²) in [7, 11) is 2.55. The van der Waals surface area contributed by atoms with Crippen LogP contribution < -0.4 is 4.80 Å². The summed E-state index contributed by atoms with van der Waals surface area (Å²) in [6.07, 6.45) is 0. The van der Waals surface area contributed by atoms with E-state index in [0.717, 1.165) is 11.3 Å².